The Bertz CT molecular complexity index is 156. The summed E-state index contributed by atoms with van der Waals surface area (Å²) >= 11 is 1.07. The van der Waals surface area contributed by atoms with Gasteiger partial charge in [0.25, 0.3) is 0 Å². The summed E-state index contributed by atoms with van der Waals surface area (Å²) in [6.07, 6.45) is 1.60. The van der Waals surface area contributed by atoms with Gasteiger partial charge in [-0.05, 0) is 6.42 Å². The van der Waals surface area contributed by atoms with Crippen molar-refractivity contribution in [1.82, 2.24) is 0 Å². The number of hydrogen-bond acceptors (Lipinski definition) is 4. The number of carbonyl (C=O) groups excluding carboxylic acids is 1. The summed E-state index contributed by atoms with van der Waals surface area (Å²) in [5, 5.41) is 9.95. The average Bonchev–Trinajstić information content (AvgIpc) is 1.84. The topological polar surface area (TPSA) is 60.2 Å². The molecule has 0 radical (unpaired) electrons. The fourth-order valence-corrected chi connectivity index (χ4v) is 1.93. The van der Waals surface area contributed by atoms with E-state index < -0.39 is 0 Å². The maximum atomic E-state index is 10.7. The van der Waals surface area contributed by atoms with Crippen LogP contribution in [0.5, 0.6) is 0 Å². The van der Waals surface area contributed by atoms with Crippen molar-refractivity contribution in [1.29, 1.82) is 0 Å². The lowest BCUT2D eigenvalue weighted by Crippen LogP contribution is -2.17. The van der Waals surface area contributed by atoms with Crippen molar-refractivity contribution >= 4 is 16.9 Å². The molecule has 0 aliphatic rings. The maximum absolute atomic E-state index is 10.7. The minimum atomic E-state index is -0.365. The van der Waals surface area contributed by atoms with E-state index in [-0.39, 0.29) is 21.8 Å². The van der Waals surface area contributed by atoms with Crippen LogP contribution in [0.1, 0.15) is 26.7 Å². The van der Waals surface area contributed by atoms with Gasteiger partial charge in [0, 0.05) is 11.8 Å². The van der Waals surface area contributed by atoms with Crippen LogP contribution in [0.25, 0.3) is 0 Å². The molecule has 0 fully saturated rings. The van der Waals surface area contributed by atoms with Crippen LogP contribution in [0.3, 0.4) is 0 Å². The normalized spacial score (nSPS) is 12.5. The Morgan fingerprint density at radius 3 is 2.58 bits per heavy atom. The van der Waals surface area contributed by atoms with Crippen molar-refractivity contribution in [2.75, 3.05) is 6.54 Å². The van der Waals surface area contributed by atoms with Gasteiger partial charge in [0.05, 0.1) is 5.25 Å². The van der Waals surface area contributed by atoms with Gasteiger partial charge in [0.1, 0.15) is 0 Å². The van der Waals surface area contributed by atoms with Gasteiger partial charge in [-0.25, -0.2) is 0 Å². The molecule has 0 spiro atoms. The predicted molar refractivity (Wildman–Crippen MR) is 48.8 cm³/mol. The van der Waals surface area contributed by atoms with Crippen molar-refractivity contribution in [2.45, 2.75) is 31.9 Å². The maximum Gasteiger partial charge on any atom is 0.216 e. The van der Waals surface area contributed by atoms with E-state index in [0.717, 1.165) is 24.6 Å². The third-order valence-electron chi connectivity index (χ3n) is 1.30. The molecule has 12 heavy (non-hydrogen) atoms. The molecule has 0 aliphatic carbocycles. The molecular formula is C7H13NO3S. The van der Waals surface area contributed by atoms with Crippen molar-refractivity contribution in [3.8, 4) is 0 Å². The van der Waals surface area contributed by atoms with E-state index in [9.17, 15) is 14.9 Å². The van der Waals surface area contributed by atoms with Gasteiger partial charge in [-0.1, -0.05) is 25.1 Å². The van der Waals surface area contributed by atoms with Crippen molar-refractivity contribution < 1.29 is 9.72 Å². The Balaban J connectivity index is 3.85. The van der Waals surface area contributed by atoms with E-state index in [1.54, 1.807) is 0 Å². The van der Waals surface area contributed by atoms with Crippen LogP contribution in [0, 0.1) is 10.1 Å². The molecule has 1 atom stereocenters. The van der Waals surface area contributed by atoms with Crippen molar-refractivity contribution in [3.05, 3.63) is 10.1 Å². The molecule has 0 aromatic carbocycles. The molecule has 0 bridgehead atoms. The van der Waals surface area contributed by atoms with Gasteiger partial charge in [0.2, 0.25) is 6.54 Å². The second-order valence-electron chi connectivity index (χ2n) is 2.54. The van der Waals surface area contributed by atoms with Gasteiger partial charge in [0.15, 0.2) is 5.12 Å². The molecule has 0 N–H and O–H groups in total. The average molecular weight is 191 g/mol. The zero-order valence-corrected chi connectivity index (χ0v) is 8.10. The highest BCUT2D eigenvalue weighted by atomic mass is 32.2. The van der Waals surface area contributed by atoms with Gasteiger partial charge < -0.3 is 0 Å². The highest BCUT2D eigenvalue weighted by Crippen LogP contribution is 2.16. The van der Waals surface area contributed by atoms with Gasteiger partial charge in [-0.15, -0.1) is 0 Å². The highest BCUT2D eigenvalue weighted by Gasteiger charge is 2.16. The molecular weight excluding hydrogens is 178 g/mol. The van der Waals surface area contributed by atoms with Crippen LogP contribution in [-0.2, 0) is 4.79 Å². The zero-order chi connectivity index (χ0) is 9.56. The summed E-state index contributed by atoms with van der Waals surface area (Å²) in [5.41, 5.74) is 0. The molecule has 0 aromatic heterocycles. The summed E-state index contributed by atoms with van der Waals surface area (Å²) in [6, 6.07) is 0. The molecule has 0 saturated carbocycles. The van der Waals surface area contributed by atoms with Gasteiger partial charge in [-0.3, -0.25) is 14.9 Å². The first-order chi connectivity index (χ1) is 5.56. The Labute approximate surface area is 75.9 Å². The number of rotatable bonds is 5. The lowest BCUT2D eigenvalue weighted by atomic mass is 10.2. The van der Waals surface area contributed by atoms with E-state index in [1.807, 2.05) is 6.92 Å². The summed E-state index contributed by atoms with van der Waals surface area (Å²) in [7, 11) is 0. The molecule has 0 heterocycles. The Morgan fingerprint density at radius 1 is 1.67 bits per heavy atom. The lowest BCUT2D eigenvalue weighted by molar-refractivity contribution is -0.479. The van der Waals surface area contributed by atoms with Crippen LogP contribution in [0.15, 0.2) is 0 Å². The molecule has 0 unspecified atom stereocenters. The molecule has 5 heteroatoms. The molecule has 0 amide bonds. The third kappa shape index (κ3) is 6.15. The Kier molecular flexibility index (Phi) is 5.70. The van der Waals surface area contributed by atoms with Crippen LogP contribution in [0.4, 0.5) is 0 Å². The van der Waals surface area contributed by atoms with E-state index in [2.05, 4.69) is 0 Å². The molecule has 0 saturated heterocycles. The van der Waals surface area contributed by atoms with Crippen LogP contribution in [-0.4, -0.2) is 21.8 Å². The molecule has 0 aromatic rings. The fourth-order valence-electron chi connectivity index (χ4n) is 0.910. The smallest absolute Gasteiger partial charge is 0.216 e. The summed E-state index contributed by atoms with van der Waals surface area (Å²) < 4.78 is 0. The van der Waals surface area contributed by atoms with Crippen LogP contribution in [0.2, 0.25) is 0 Å². The van der Waals surface area contributed by atoms with Gasteiger partial charge in [-0.2, -0.15) is 0 Å². The molecule has 0 aliphatic heterocycles. The first kappa shape index (κ1) is 11.4. The van der Waals surface area contributed by atoms with E-state index in [1.165, 1.54) is 6.92 Å². The van der Waals surface area contributed by atoms with Gasteiger partial charge >= 0.3 is 0 Å². The van der Waals surface area contributed by atoms with Crippen LogP contribution >= 0.6 is 11.8 Å². The monoisotopic (exact) mass is 191 g/mol. The summed E-state index contributed by atoms with van der Waals surface area (Å²) in [6.45, 7) is 3.28. The second-order valence-corrected chi connectivity index (χ2v) is 4.01. The number of nitrogens with zero attached hydrogens (tertiary/aromatic N) is 1. The highest BCUT2D eigenvalue weighted by molar-refractivity contribution is 8.14. The van der Waals surface area contributed by atoms with Crippen molar-refractivity contribution in [2.24, 2.45) is 0 Å². The summed E-state index contributed by atoms with van der Waals surface area (Å²) in [5.74, 6) is 0. The van der Waals surface area contributed by atoms with E-state index >= 15 is 0 Å². The third-order valence-corrected chi connectivity index (χ3v) is 2.35. The van der Waals surface area contributed by atoms with E-state index in [4.69, 9.17) is 0 Å². The predicted octanol–water partition coefficient (Wildman–Crippen LogP) is 1.71. The van der Waals surface area contributed by atoms with Crippen molar-refractivity contribution in [3.63, 3.8) is 0 Å². The summed E-state index contributed by atoms with van der Waals surface area (Å²) in [4.78, 5) is 20.4. The molecule has 4 nitrogen and oxygen atoms in total. The molecule has 70 valence electrons. The first-order valence-electron chi connectivity index (χ1n) is 3.85. The number of carbonyl (C=O) groups is 1. The standard InChI is InChI=1S/C7H13NO3S/c1-3-4-7(5-8(10)11)12-6(2)9/h7H,3-5H2,1-2H3/t7-/m1/s1. The SMILES string of the molecule is CCC[C@H](C[N+](=O)[O-])SC(C)=O. The Hall–Kier alpha value is -0.580. The van der Waals surface area contributed by atoms with E-state index in [0.29, 0.717) is 0 Å². The minimum absolute atomic E-state index is 0.0460. The largest absolute Gasteiger partial charge is 0.288 e. The number of hydrogen-bond donors (Lipinski definition) is 0. The lowest BCUT2D eigenvalue weighted by Gasteiger charge is -2.07. The Morgan fingerprint density at radius 2 is 2.25 bits per heavy atom. The second kappa shape index (κ2) is 5.99. The first-order valence-corrected chi connectivity index (χ1v) is 4.73. The fraction of sp³-hybridized carbons (Fsp3) is 0.857. The zero-order valence-electron chi connectivity index (χ0n) is 7.28. The number of thioether (sulfide) groups is 1. The van der Waals surface area contributed by atoms with Crippen LogP contribution < -0.4 is 0 Å². The number of nitro groups is 1. The minimum Gasteiger partial charge on any atom is -0.288 e. The molecule has 0 rings (SSSR count). The quantitative estimate of drug-likeness (QED) is 0.490.